The summed E-state index contributed by atoms with van der Waals surface area (Å²) in [6.45, 7) is 8.21. The predicted molar refractivity (Wildman–Crippen MR) is 107 cm³/mol. The van der Waals surface area contributed by atoms with Crippen molar-refractivity contribution >= 4 is 34.2 Å². The average Bonchev–Trinajstić information content (AvgIpc) is 3.14. The van der Waals surface area contributed by atoms with Crippen LogP contribution < -0.4 is 10.2 Å². The predicted octanol–water partition coefficient (Wildman–Crippen LogP) is 3.45. The van der Waals surface area contributed by atoms with E-state index >= 15 is 0 Å². The Balaban J connectivity index is 1.60. The molecule has 0 spiro atoms. The number of ether oxygens (including phenoxy) is 1. The van der Waals surface area contributed by atoms with Crippen LogP contribution >= 0.6 is 11.3 Å². The molecule has 8 heteroatoms. The number of nitrogens with one attached hydrogen (secondary N) is 1. The van der Waals surface area contributed by atoms with Gasteiger partial charge in [0.2, 0.25) is 0 Å². The van der Waals surface area contributed by atoms with E-state index in [1.807, 2.05) is 10.3 Å². The molecule has 2 heterocycles. The van der Waals surface area contributed by atoms with Crippen molar-refractivity contribution < 1.29 is 14.3 Å². The van der Waals surface area contributed by atoms with E-state index in [1.165, 1.54) is 0 Å². The molecule has 0 saturated carbocycles. The fourth-order valence-corrected chi connectivity index (χ4v) is 3.50. The van der Waals surface area contributed by atoms with Gasteiger partial charge in [-0.05, 0) is 39.0 Å². The molecule has 0 bridgehead atoms. The summed E-state index contributed by atoms with van der Waals surface area (Å²) >= 11 is 1.61. The first kappa shape index (κ1) is 19.2. The van der Waals surface area contributed by atoms with Crippen molar-refractivity contribution in [2.24, 2.45) is 0 Å². The number of thiazole rings is 1. The molecular formula is C19H24N4O3S. The molecule has 0 aliphatic carbocycles. The number of rotatable bonds is 3. The van der Waals surface area contributed by atoms with Crippen molar-refractivity contribution in [3.63, 3.8) is 0 Å². The first-order valence-corrected chi connectivity index (χ1v) is 9.73. The van der Waals surface area contributed by atoms with Crippen molar-refractivity contribution in [3.8, 4) is 0 Å². The Morgan fingerprint density at radius 3 is 2.56 bits per heavy atom. The van der Waals surface area contributed by atoms with Gasteiger partial charge in [-0.15, -0.1) is 11.3 Å². The van der Waals surface area contributed by atoms with Gasteiger partial charge in [-0.2, -0.15) is 0 Å². The SMILES string of the molecule is CC(C)(C)OC(=O)Nc1cccc(C(=O)N2CCN(c3nccs3)CC2)c1. The van der Waals surface area contributed by atoms with Crippen LogP contribution in [0.3, 0.4) is 0 Å². The highest BCUT2D eigenvalue weighted by atomic mass is 32.1. The van der Waals surface area contributed by atoms with Gasteiger partial charge in [0.1, 0.15) is 5.60 Å². The third-order valence-corrected chi connectivity index (χ3v) is 4.84. The molecule has 1 N–H and O–H groups in total. The maximum absolute atomic E-state index is 12.8. The highest BCUT2D eigenvalue weighted by Gasteiger charge is 2.23. The number of benzene rings is 1. The van der Waals surface area contributed by atoms with Gasteiger partial charge in [0.05, 0.1) is 0 Å². The summed E-state index contributed by atoms with van der Waals surface area (Å²) in [4.78, 5) is 33.1. The Bertz CT molecular complexity index is 794. The van der Waals surface area contributed by atoms with E-state index in [1.54, 1.807) is 62.6 Å². The van der Waals surface area contributed by atoms with Gasteiger partial charge < -0.3 is 14.5 Å². The number of carbonyl (C=O) groups is 2. The van der Waals surface area contributed by atoms with E-state index < -0.39 is 11.7 Å². The van der Waals surface area contributed by atoms with E-state index in [4.69, 9.17) is 4.74 Å². The van der Waals surface area contributed by atoms with Crippen LogP contribution in [0.2, 0.25) is 0 Å². The van der Waals surface area contributed by atoms with Crippen LogP contribution in [0.1, 0.15) is 31.1 Å². The second kappa shape index (κ2) is 7.96. The van der Waals surface area contributed by atoms with Crippen molar-refractivity contribution in [3.05, 3.63) is 41.4 Å². The lowest BCUT2D eigenvalue weighted by atomic mass is 10.1. The molecule has 27 heavy (non-hydrogen) atoms. The highest BCUT2D eigenvalue weighted by Crippen LogP contribution is 2.20. The monoisotopic (exact) mass is 388 g/mol. The molecule has 1 fully saturated rings. The lowest BCUT2D eigenvalue weighted by Gasteiger charge is -2.34. The van der Waals surface area contributed by atoms with Gasteiger partial charge in [0.25, 0.3) is 5.91 Å². The molecule has 144 valence electrons. The van der Waals surface area contributed by atoms with E-state index in [-0.39, 0.29) is 5.91 Å². The van der Waals surface area contributed by atoms with Crippen LogP contribution in [0.15, 0.2) is 35.8 Å². The average molecular weight is 388 g/mol. The molecule has 1 aliphatic heterocycles. The van der Waals surface area contributed by atoms with Gasteiger partial charge in [0, 0.05) is 49.0 Å². The number of hydrogen-bond acceptors (Lipinski definition) is 6. The summed E-state index contributed by atoms with van der Waals surface area (Å²) in [6, 6.07) is 6.93. The zero-order chi connectivity index (χ0) is 19.4. The summed E-state index contributed by atoms with van der Waals surface area (Å²) in [6.07, 6.45) is 1.25. The maximum Gasteiger partial charge on any atom is 0.412 e. The standard InChI is InChI=1S/C19H24N4O3S/c1-19(2,3)26-18(25)21-15-6-4-5-14(13-15)16(24)22-8-10-23(11-9-22)17-20-7-12-27-17/h4-7,12-13H,8-11H2,1-3H3,(H,21,25). The zero-order valence-corrected chi connectivity index (χ0v) is 16.6. The Morgan fingerprint density at radius 2 is 1.93 bits per heavy atom. The number of hydrogen-bond donors (Lipinski definition) is 1. The number of amides is 2. The number of anilines is 2. The van der Waals surface area contributed by atoms with Crippen molar-refractivity contribution in [1.82, 2.24) is 9.88 Å². The second-order valence-electron chi connectivity index (χ2n) is 7.30. The quantitative estimate of drug-likeness (QED) is 0.872. The molecule has 0 unspecified atom stereocenters. The molecule has 0 atom stereocenters. The third kappa shape index (κ3) is 5.19. The Kier molecular flexibility index (Phi) is 5.65. The Morgan fingerprint density at radius 1 is 1.19 bits per heavy atom. The van der Waals surface area contributed by atoms with Gasteiger partial charge >= 0.3 is 6.09 Å². The van der Waals surface area contributed by atoms with E-state index in [9.17, 15) is 9.59 Å². The summed E-state index contributed by atoms with van der Waals surface area (Å²) in [5.41, 5.74) is 0.511. The first-order valence-electron chi connectivity index (χ1n) is 8.85. The van der Waals surface area contributed by atoms with Gasteiger partial charge in [-0.1, -0.05) is 6.07 Å². The lowest BCUT2D eigenvalue weighted by molar-refractivity contribution is 0.0634. The summed E-state index contributed by atoms with van der Waals surface area (Å²) in [5, 5.41) is 5.62. The van der Waals surface area contributed by atoms with Gasteiger partial charge in [0.15, 0.2) is 5.13 Å². The summed E-state index contributed by atoms with van der Waals surface area (Å²) in [7, 11) is 0. The molecular weight excluding hydrogens is 364 g/mol. The number of piperazine rings is 1. The van der Waals surface area contributed by atoms with Crippen LogP contribution in [0.5, 0.6) is 0 Å². The molecule has 1 aliphatic rings. The van der Waals surface area contributed by atoms with Crippen LogP contribution in [-0.2, 0) is 4.74 Å². The molecule has 1 aromatic heterocycles. The smallest absolute Gasteiger partial charge is 0.412 e. The molecule has 1 aromatic carbocycles. The number of nitrogens with zero attached hydrogens (tertiary/aromatic N) is 3. The van der Waals surface area contributed by atoms with Crippen LogP contribution in [-0.4, -0.2) is 53.7 Å². The molecule has 2 amide bonds. The normalized spacial score (nSPS) is 14.8. The van der Waals surface area contributed by atoms with Crippen molar-refractivity contribution in [2.75, 3.05) is 36.4 Å². The van der Waals surface area contributed by atoms with E-state index in [0.29, 0.717) is 24.3 Å². The lowest BCUT2D eigenvalue weighted by Crippen LogP contribution is -2.48. The number of aromatic nitrogens is 1. The molecule has 1 saturated heterocycles. The molecule has 2 aromatic rings. The Hall–Kier alpha value is -2.61. The summed E-state index contributed by atoms with van der Waals surface area (Å²) < 4.78 is 5.25. The fraction of sp³-hybridized carbons (Fsp3) is 0.421. The van der Waals surface area contributed by atoms with Crippen LogP contribution in [0, 0.1) is 0 Å². The minimum absolute atomic E-state index is 0.0402. The minimum atomic E-state index is -0.575. The zero-order valence-electron chi connectivity index (χ0n) is 15.8. The van der Waals surface area contributed by atoms with Crippen molar-refractivity contribution in [1.29, 1.82) is 0 Å². The highest BCUT2D eigenvalue weighted by molar-refractivity contribution is 7.13. The van der Waals surface area contributed by atoms with Crippen LogP contribution in [0.4, 0.5) is 15.6 Å². The minimum Gasteiger partial charge on any atom is -0.444 e. The van der Waals surface area contributed by atoms with Gasteiger partial charge in [-0.3, -0.25) is 10.1 Å². The van der Waals surface area contributed by atoms with Gasteiger partial charge in [-0.25, -0.2) is 9.78 Å². The van der Waals surface area contributed by atoms with E-state index in [2.05, 4.69) is 15.2 Å². The van der Waals surface area contributed by atoms with E-state index in [0.717, 1.165) is 18.2 Å². The topological polar surface area (TPSA) is 74.8 Å². The van der Waals surface area contributed by atoms with Crippen LogP contribution in [0.25, 0.3) is 0 Å². The number of carbonyl (C=O) groups excluding carboxylic acids is 2. The van der Waals surface area contributed by atoms with Crippen molar-refractivity contribution in [2.45, 2.75) is 26.4 Å². The summed E-state index contributed by atoms with van der Waals surface area (Å²) in [5.74, 6) is -0.0402. The molecule has 0 radical (unpaired) electrons. The maximum atomic E-state index is 12.8. The molecule has 7 nitrogen and oxygen atoms in total. The largest absolute Gasteiger partial charge is 0.444 e. The second-order valence-corrected chi connectivity index (χ2v) is 8.17. The Labute approximate surface area is 162 Å². The first-order chi connectivity index (χ1) is 12.8. The third-order valence-electron chi connectivity index (χ3n) is 4.01. The fourth-order valence-electron chi connectivity index (χ4n) is 2.81. The molecule has 3 rings (SSSR count).